The van der Waals surface area contributed by atoms with E-state index in [0.717, 1.165) is 36.7 Å². The minimum absolute atomic E-state index is 0.111. The third-order valence-electron chi connectivity index (χ3n) is 5.71. The molecule has 0 bridgehead atoms. The molecule has 2 heterocycles. The number of nitrogens with one attached hydrogen (secondary N) is 1. The van der Waals surface area contributed by atoms with Gasteiger partial charge in [-0.15, -0.1) is 0 Å². The highest BCUT2D eigenvalue weighted by molar-refractivity contribution is 5.66. The summed E-state index contributed by atoms with van der Waals surface area (Å²) >= 11 is 0. The van der Waals surface area contributed by atoms with E-state index in [4.69, 9.17) is 4.74 Å². The molecule has 0 amide bonds. The molecule has 1 aliphatic heterocycles. The summed E-state index contributed by atoms with van der Waals surface area (Å²) in [5.41, 5.74) is -0.0846. The molecule has 1 saturated heterocycles. The summed E-state index contributed by atoms with van der Waals surface area (Å²) in [7, 11) is 1.53. The van der Waals surface area contributed by atoms with Crippen molar-refractivity contribution < 1.29 is 17.9 Å². The van der Waals surface area contributed by atoms with Gasteiger partial charge in [0.1, 0.15) is 11.4 Å². The largest absolute Gasteiger partial charge is 0.497 e. The Balaban J connectivity index is 1.97. The molecule has 6 nitrogen and oxygen atoms in total. The molecule has 0 unspecified atom stereocenters. The van der Waals surface area contributed by atoms with Crippen LogP contribution in [0.3, 0.4) is 0 Å². The Morgan fingerprint density at radius 2 is 1.79 bits per heavy atom. The number of hydrogen-bond acceptors (Lipinski definition) is 5. The second-order valence-corrected chi connectivity index (χ2v) is 8.58. The van der Waals surface area contributed by atoms with Gasteiger partial charge in [-0.2, -0.15) is 23.0 Å². The molecule has 1 aliphatic rings. The molecule has 1 fully saturated rings. The van der Waals surface area contributed by atoms with Crippen molar-refractivity contribution in [3.05, 3.63) is 64.4 Å². The van der Waals surface area contributed by atoms with E-state index in [1.807, 2.05) is 18.7 Å². The summed E-state index contributed by atoms with van der Waals surface area (Å²) in [5.74, 6) is 0.572. The lowest BCUT2D eigenvalue weighted by Crippen LogP contribution is -2.29. The number of ether oxygens (including phenoxy) is 1. The number of benzene rings is 2. The standard InChI is InChI=1S/C25H27F3N4O2/c1-16(2)29-22-15-21(17-7-6-8-19(13-17)34-3)30-32(24(22)33)23-14-18(31-11-4-5-12-31)9-10-20(23)25(26,27)28/h6-10,13-16,29H,4-5,11-12H2,1-3H3. The Morgan fingerprint density at radius 3 is 2.44 bits per heavy atom. The lowest BCUT2D eigenvalue weighted by molar-refractivity contribution is -0.137. The average Bonchev–Trinajstić information content (AvgIpc) is 3.34. The molecular weight excluding hydrogens is 445 g/mol. The van der Waals surface area contributed by atoms with E-state index in [2.05, 4.69) is 10.4 Å². The second-order valence-electron chi connectivity index (χ2n) is 8.58. The third-order valence-corrected chi connectivity index (χ3v) is 5.71. The maximum atomic E-state index is 14.0. The molecule has 0 radical (unpaired) electrons. The van der Waals surface area contributed by atoms with Crippen LogP contribution in [0.4, 0.5) is 24.5 Å². The quantitative estimate of drug-likeness (QED) is 0.524. The van der Waals surface area contributed by atoms with Crippen LogP contribution in [0, 0.1) is 0 Å². The van der Waals surface area contributed by atoms with Gasteiger partial charge in [-0.05, 0) is 63.1 Å². The minimum Gasteiger partial charge on any atom is -0.497 e. The Labute approximate surface area is 196 Å². The third kappa shape index (κ3) is 4.88. The maximum absolute atomic E-state index is 14.0. The van der Waals surface area contributed by atoms with Crippen molar-refractivity contribution in [3.8, 4) is 22.7 Å². The van der Waals surface area contributed by atoms with Gasteiger partial charge in [-0.25, -0.2) is 0 Å². The van der Waals surface area contributed by atoms with Crippen LogP contribution in [0.1, 0.15) is 32.3 Å². The highest BCUT2D eigenvalue weighted by atomic mass is 19.4. The van der Waals surface area contributed by atoms with Crippen molar-refractivity contribution >= 4 is 11.4 Å². The highest BCUT2D eigenvalue weighted by Gasteiger charge is 2.35. The van der Waals surface area contributed by atoms with Gasteiger partial charge in [-0.1, -0.05) is 12.1 Å². The monoisotopic (exact) mass is 472 g/mol. The number of alkyl halides is 3. The lowest BCUT2D eigenvalue weighted by Gasteiger charge is -2.22. The normalized spacial score (nSPS) is 14.0. The van der Waals surface area contributed by atoms with Gasteiger partial charge in [0.15, 0.2) is 0 Å². The van der Waals surface area contributed by atoms with Crippen molar-refractivity contribution in [2.75, 3.05) is 30.4 Å². The molecule has 4 rings (SSSR count). The van der Waals surface area contributed by atoms with E-state index in [9.17, 15) is 18.0 Å². The first-order chi connectivity index (χ1) is 16.2. The molecule has 2 aromatic carbocycles. The lowest BCUT2D eigenvalue weighted by atomic mass is 10.1. The van der Waals surface area contributed by atoms with E-state index in [1.54, 1.807) is 30.3 Å². The maximum Gasteiger partial charge on any atom is 0.418 e. The zero-order valence-electron chi connectivity index (χ0n) is 19.3. The van der Waals surface area contributed by atoms with Crippen molar-refractivity contribution in [1.82, 2.24) is 9.78 Å². The molecule has 3 aromatic rings. The number of halogens is 3. The van der Waals surface area contributed by atoms with E-state index in [-0.39, 0.29) is 17.4 Å². The van der Waals surface area contributed by atoms with Gasteiger partial charge in [-0.3, -0.25) is 4.79 Å². The molecule has 1 aromatic heterocycles. The average molecular weight is 473 g/mol. The van der Waals surface area contributed by atoms with Gasteiger partial charge < -0.3 is 15.0 Å². The zero-order valence-corrected chi connectivity index (χ0v) is 19.3. The first kappa shape index (κ1) is 23.7. The van der Waals surface area contributed by atoms with Crippen LogP contribution in [-0.2, 0) is 6.18 Å². The van der Waals surface area contributed by atoms with Crippen LogP contribution in [0.25, 0.3) is 16.9 Å². The van der Waals surface area contributed by atoms with Crippen molar-refractivity contribution in [2.45, 2.75) is 38.9 Å². The number of aromatic nitrogens is 2. The number of rotatable bonds is 6. The Morgan fingerprint density at radius 1 is 1.06 bits per heavy atom. The highest BCUT2D eigenvalue weighted by Crippen LogP contribution is 2.36. The minimum atomic E-state index is -4.66. The molecule has 34 heavy (non-hydrogen) atoms. The summed E-state index contributed by atoms with van der Waals surface area (Å²) in [6.07, 6.45) is -2.71. The zero-order chi connectivity index (χ0) is 24.5. The fraction of sp³-hybridized carbons (Fsp3) is 0.360. The van der Waals surface area contributed by atoms with Gasteiger partial charge in [0, 0.05) is 30.4 Å². The fourth-order valence-electron chi connectivity index (χ4n) is 4.10. The summed E-state index contributed by atoms with van der Waals surface area (Å²) < 4.78 is 48.2. The summed E-state index contributed by atoms with van der Waals surface area (Å²) in [4.78, 5) is 15.4. The van der Waals surface area contributed by atoms with Crippen LogP contribution in [0.5, 0.6) is 5.75 Å². The number of hydrogen-bond donors (Lipinski definition) is 1. The first-order valence-corrected chi connectivity index (χ1v) is 11.2. The van der Waals surface area contributed by atoms with Crippen LogP contribution >= 0.6 is 0 Å². The van der Waals surface area contributed by atoms with Gasteiger partial charge in [0.05, 0.1) is 24.1 Å². The predicted octanol–water partition coefficient (Wildman–Crippen LogP) is 5.35. The van der Waals surface area contributed by atoms with Crippen LogP contribution in [0.15, 0.2) is 53.3 Å². The molecule has 0 aliphatic carbocycles. The van der Waals surface area contributed by atoms with E-state index < -0.39 is 17.3 Å². The van der Waals surface area contributed by atoms with Gasteiger partial charge in [0.2, 0.25) is 0 Å². The summed E-state index contributed by atoms with van der Waals surface area (Å²) in [5, 5.41) is 7.44. The van der Waals surface area contributed by atoms with Crippen LogP contribution in [0.2, 0.25) is 0 Å². The molecular formula is C25H27F3N4O2. The Bertz CT molecular complexity index is 1230. The van der Waals surface area contributed by atoms with Crippen molar-refractivity contribution in [2.24, 2.45) is 0 Å². The number of nitrogens with zero attached hydrogens (tertiary/aromatic N) is 3. The molecule has 1 N–H and O–H groups in total. The molecule has 0 spiro atoms. The predicted molar refractivity (Wildman–Crippen MR) is 127 cm³/mol. The van der Waals surface area contributed by atoms with E-state index in [1.165, 1.54) is 19.2 Å². The molecule has 0 saturated carbocycles. The number of anilines is 2. The summed E-state index contributed by atoms with van der Waals surface area (Å²) in [6.45, 7) is 5.23. The van der Waals surface area contributed by atoms with Crippen molar-refractivity contribution in [3.63, 3.8) is 0 Å². The molecule has 0 atom stereocenters. The summed E-state index contributed by atoms with van der Waals surface area (Å²) in [6, 6.07) is 12.4. The van der Waals surface area contributed by atoms with Crippen LogP contribution < -0.4 is 20.5 Å². The van der Waals surface area contributed by atoms with Crippen molar-refractivity contribution in [1.29, 1.82) is 0 Å². The second kappa shape index (κ2) is 9.40. The Kier molecular flexibility index (Phi) is 6.54. The van der Waals surface area contributed by atoms with Crippen LogP contribution in [-0.4, -0.2) is 36.0 Å². The smallest absolute Gasteiger partial charge is 0.418 e. The molecule has 180 valence electrons. The fourth-order valence-corrected chi connectivity index (χ4v) is 4.10. The Hall–Kier alpha value is -3.49. The first-order valence-electron chi connectivity index (χ1n) is 11.2. The topological polar surface area (TPSA) is 59.4 Å². The van der Waals surface area contributed by atoms with Gasteiger partial charge in [0.25, 0.3) is 5.56 Å². The number of methoxy groups -OCH3 is 1. The molecule has 9 heteroatoms. The van der Waals surface area contributed by atoms with E-state index in [0.29, 0.717) is 22.7 Å². The SMILES string of the molecule is COc1cccc(-c2cc(NC(C)C)c(=O)n(-c3cc(N4CCCC4)ccc3C(F)(F)F)n2)c1. The van der Waals surface area contributed by atoms with E-state index >= 15 is 0 Å². The van der Waals surface area contributed by atoms with Gasteiger partial charge >= 0.3 is 6.18 Å².